The molecular weight excluding hydrogens is 184 g/mol. The molecule has 0 bridgehead atoms. The summed E-state index contributed by atoms with van der Waals surface area (Å²) in [6.45, 7) is 2.89. The van der Waals surface area contributed by atoms with Crippen molar-refractivity contribution in [3.05, 3.63) is 30.3 Å². The molecule has 72 valence electrons. The Morgan fingerprint density at radius 3 is 2.62 bits per heavy atom. The molecule has 0 aliphatic carbocycles. The second-order valence-corrected chi connectivity index (χ2v) is 3.58. The van der Waals surface area contributed by atoms with Crippen LogP contribution < -0.4 is 4.74 Å². The van der Waals surface area contributed by atoms with E-state index in [-0.39, 0.29) is 0 Å². The van der Waals surface area contributed by atoms with Crippen molar-refractivity contribution in [2.75, 3.05) is 12.5 Å². The van der Waals surface area contributed by atoms with E-state index in [9.17, 15) is 0 Å². The first-order valence-electron chi connectivity index (χ1n) is 4.56. The largest absolute Gasteiger partial charge is 0.493 e. The number of hydrogen-bond acceptors (Lipinski definition) is 1. The second kappa shape index (κ2) is 5.87. The normalized spacial score (nSPS) is 12.5. The Morgan fingerprint density at radius 2 is 2.00 bits per heavy atom. The standard InChI is InChI=1S/C11H15ClO/c1-10(7-8-12)9-13-11-5-3-2-4-6-11/h2-6,10H,7-9H2,1H3. The van der Waals surface area contributed by atoms with Crippen molar-refractivity contribution in [2.45, 2.75) is 13.3 Å². The smallest absolute Gasteiger partial charge is 0.119 e. The molecule has 1 aromatic carbocycles. The van der Waals surface area contributed by atoms with Crippen molar-refractivity contribution in [3.8, 4) is 5.75 Å². The van der Waals surface area contributed by atoms with Gasteiger partial charge in [0.25, 0.3) is 0 Å². The van der Waals surface area contributed by atoms with E-state index in [0.29, 0.717) is 11.8 Å². The Bertz CT molecular complexity index is 223. The van der Waals surface area contributed by atoms with E-state index in [2.05, 4.69) is 6.92 Å². The van der Waals surface area contributed by atoms with E-state index in [1.807, 2.05) is 30.3 Å². The lowest BCUT2D eigenvalue weighted by atomic mass is 10.1. The van der Waals surface area contributed by atoms with Crippen LogP contribution in [-0.2, 0) is 0 Å². The SMILES string of the molecule is CC(CCCl)COc1ccccc1. The van der Waals surface area contributed by atoms with Crippen LogP contribution in [-0.4, -0.2) is 12.5 Å². The molecular formula is C11H15ClO. The zero-order chi connectivity index (χ0) is 9.52. The Kier molecular flexibility index (Phi) is 4.69. The van der Waals surface area contributed by atoms with E-state index in [1.54, 1.807) is 0 Å². The van der Waals surface area contributed by atoms with Crippen LogP contribution in [0.3, 0.4) is 0 Å². The van der Waals surface area contributed by atoms with Crippen molar-refractivity contribution >= 4 is 11.6 Å². The van der Waals surface area contributed by atoms with Crippen LogP contribution in [0.25, 0.3) is 0 Å². The van der Waals surface area contributed by atoms with Gasteiger partial charge in [-0.25, -0.2) is 0 Å². The molecule has 0 N–H and O–H groups in total. The number of alkyl halides is 1. The molecule has 0 amide bonds. The Morgan fingerprint density at radius 1 is 1.31 bits per heavy atom. The van der Waals surface area contributed by atoms with Crippen molar-refractivity contribution in [1.29, 1.82) is 0 Å². The summed E-state index contributed by atoms with van der Waals surface area (Å²) in [6, 6.07) is 9.86. The maximum absolute atomic E-state index is 5.62. The number of rotatable bonds is 5. The fourth-order valence-corrected chi connectivity index (χ4v) is 1.40. The van der Waals surface area contributed by atoms with Crippen molar-refractivity contribution in [1.82, 2.24) is 0 Å². The molecule has 1 rings (SSSR count). The first-order valence-corrected chi connectivity index (χ1v) is 5.10. The summed E-state index contributed by atoms with van der Waals surface area (Å²) in [6.07, 6.45) is 1.01. The van der Waals surface area contributed by atoms with Gasteiger partial charge < -0.3 is 4.74 Å². The average molecular weight is 199 g/mol. The third-order valence-corrected chi connectivity index (χ3v) is 2.10. The predicted octanol–water partition coefficient (Wildman–Crippen LogP) is 3.33. The van der Waals surface area contributed by atoms with E-state index in [0.717, 1.165) is 18.8 Å². The van der Waals surface area contributed by atoms with Crippen LogP contribution >= 0.6 is 11.6 Å². The van der Waals surface area contributed by atoms with Crippen LogP contribution in [0, 0.1) is 5.92 Å². The van der Waals surface area contributed by atoms with Gasteiger partial charge in [-0.3, -0.25) is 0 Å². The minimum Gasteiger partial charge on any atom is -0.493 e. The highest BCUT2D eigenvalue weighted by atomic mass is 35.5. The average Bonchev–Trinajstić information content (AvgIpc) is 2.17. The van der Waals surface area contributed by atoms with Gasteiger partial charge in [0, 0.05) is 5.88 Å². The van der Waals surface area contributed by atoms with Gasteiger partial charge in [-0.1, -0.05) is 25.1 Å². The zero-order valence-corrected chi connectivity index (χ0v) is 8.63. The lowest BCUT2D eigenvalue weighted by molar-refractivity contribution is 0.257. The van der Waals surface area contributed by atoms with Gasteiger partial charge in [0.15, 0.2) is 0 Å². The molecule has 0 aliphatic rings. The molecule has 0 spiro atoms. The van der Waals surface area contributed by atoms with Crippen LogP contribution in [0.2, 0.25) is 0 Å². The van der Waals surface area contributed by atoms with Gasteiger partial charge in [-0.15, -0.1) is 11.6 Å². The van der Waals surface area contributed by atoms with E-state index in [4.69, 9.17) is 16.3 Å². The van der Waals surface area contributed by atoms with Gasteiger partial charge in [0.1, 0.15) is 5.75 Å². The highest BCUT2D eigenvalue weighted by molar-refractivity contribution is 6.17. The number of halogens is 1. The van der Waals surface area contributed by atoms with Crippen LogP contribution in [0.1, 0.15) is 13.3 Å². The van der Waals surface area contributed by atoms with Gasteiger partial charge in [-0.05, 0) is 24.5 Å². The summed E-state index contributed by atoms with van der Waals surface area (Å²) in [5, 5.41) is 0. The molecule has 13 heavy (non-hydrogen) atoms. The first kappa shape index (κ1) is 10.4. The molecule has 2 heteroatoms. The molecule has 1 aromatic rings. The van der Waals surface area contributed by atoms with Crippen molar-refractivity contribution in [3.63, 3.8) is 0 Å². The highest BCUT2D eigenvalue weighted by Crippen LogP contribution is 2.11. The molecule has 1 unspecified atom stereocenters. The molecule has 0 saturated heterocycles. The number of hydrogen-bond donors (Lipinski definition) is 0. The molecule has 0 heterocycles. The Labute approximate surface area is 84.7 Å². The number of benzene rings is 1. The molecule has 0 radical (unpaired) electrons. The Balaban J connectivity index is 2.27. The quantitative estimate of drug-likeness (QED) is 0.660. The first-order chi connectivity index (χ1) is 6.33. The molecule has 0 fully saturated rings. The third-order valence-electron chi connectivity index (χ3n) is 1.88. The topological polar surface area (TPSA) is 9.23 Å². The molecule has 0 saturated carbocycles. The molecule has 0 aliphatic heterocycles. The summed E-state index contributed by atoms with van der Waals surface area (Å²) in [5.74, 6) is 2.17. The fourth-order valence-electron chi connectivity index (χ4n) is 1.02. The monoisotopic (exact) mass is 198 g/mol. The maximum Gasteiger partial charge on any atom is 0.119 e. The van der Waals surface area contributed by atoms with Crippen molar-refractivity contribution in [2.24, 2.45) is 5.92 Å². The maximum atomic E-state index is 5.62. The van der Waals surface area contributed by atoms with Gasteiger partial charge >= 0.3 is 0 Å². The van der Waals surface area contributed by atoms with Crippen LogP contribution in [0.15, 0.2) is 30.3 Å². The van der Waals surface area contributed by atoms with E-state index >= 15 is 0 Å². The lowest BCUT2D eigenvalue weighted by Gasteiger charge is -2.11. The second-order valence-electron chi connectivity index (χ2n) is 3.21. The summed E-state index contributed by atoms with van der Waals surface area (Å²) in [5.41, 5.74) is 0. The summed E-state index contributed by atoms with van der Waals surface area (Å²) >= 11 is 5.62. The lowest BCUT2D eigenvalue weighted by Crippen LogP contribution is -2.08. The third kappa shape index (κ3) is 4.18. The summed E-state index contributed by atoms with van der Waals surface area (Å²) < 4.78 is 5.56. The highest BCUT2D eigenvalue weighted by Gasteiger charge is 2.01. The minimum absolute atomic E-state index is 0.526. The summed E-state index contributed by atoms with van der Waals surface area (Å²) in [7, 11) is 0. The van der Waals surface area contributed by atoms with Crippen LogP contribution in [0.5, 0.6) is 5.75 Å². The molecule has 0 aromatic heterocycles. The van der Waals surface area contributed by atoms with E-state index in [1.165, 1.54) is 0 Å². The van der Waals surface area contributed by atoms with Gasteiger partial charge in [0.2, 0.25) is 0 Å². The predicted molar refractivity (Wildman–Crippen MR) is 56.4 cm³/mol. The fraction of sp³-hybridized carbons (Fsp3) is 0.455. The zero-order valence-electron chi connectivity index (χ0n) is 7.87. The molecule has 1 atom stereocenters. The minimum atomic E-state index is 0.526. The van der Waals surface area contributed by atoms with Crippen molar-refractivity contribution < 1.29 is 4.74 Å². The Hall–Kier alpha value is -0.690. The number of para-hydroxylation sites is 1. The van der Waals surface area contributed by atoms with E-state index < -0.39 is 0 Å². The molecule has 1 nitrogen and oxygen atoms in total. The van der Waals surface area contributed by atoms with Crippen LogP contribution in [0.4, 0.5) is 0 Å². The van der Waals surface area contributed by atoms with Gasteiger partial charge in [0.05, 0.1) is 6.61 Å². The van der Waals surface area contributed by atoms with Gasteiger partial charge in [-0.2, -0.15) is 0 Å². The summed E-state index contributed by atoms with van der Waals surface area (Å²) in [4.78, 5) is 0. The number of ether oxygens (including phenoxy) is 1.